The van der Waals surface area contributed by atoms with Crippen molar-refractivity contribution < 1.29 is 28.9 Å². The average Bonchev–Trinajstić information content (AvgIpc) is 2.64. The van der Waals surface area contributed by atoms with E-state index in [0.717, 1.165) is 0 Å². The second kappa shape index (κ2) is 6.36. The van der Waals surface area contributed by atoms with E-state index >= 15 is 0 Å². The summed E-state index contributed by atoms with van der Waals surface area (Å²) in [5, 5.41) is 2.20. The summed E-state index contributed by atoms with van der Waals surface area (Å²) in [6.07, 6.45) is 0. The maximum absolute atomic E-state index is 8.49. The minimum absolute atomic E-state index is 1.33. The molecule has 7 heteroatoms. The number of aryl methyl sites for hydroxylation is 1. The van der Waals surface area contributed by atoms with E-state index in [1.165, 1.54) is 14.6 Å². The summed E-state index contributed by atoms with van der Waals surface area (Å²) in [5.74, 6) is 0. The van der Waals surface area contributed by atoms with Crippen molar-refractivity contribution in [2.75, 3.05) is 0 Å². The first-order valence-corrected chi connectivity index (χ1v) is 7.35. The van der Waals surface area contributed by atoms with Crippen LogP contribution in [0.1, 0.15) is 4.88 Å². The Morgan fingerprint density at radius 1 is 1.06 bits per heavy atom. The molecule has 0 bridgehead atoms. The van der Waals surface area contributed by atoms with Crippen LogP contribution >= 0.6 is 22.7 Å². The quantitative estimate of drug-likeness (QED) is 0.650. The number of hydrogen-bond acceptors (Lipinski definition) is 5. The lowest BCUT2D eigenvalue weighted by Gasteiger charge is -2.17. The lowest BCUT2D eigenvalue weighted by atomic mass is 10.2. The molecule has 17 heavy (non-hydrogen) atoms. The maximum Gasteiger partial charge on any atom is 0.285 e. The number of halogens is 1. The van der Waals surface area contributed by atoms with E-state index in [4.69, 9.17) is 18.6 Å². The van der Waals surface area contributed by atoms with Gasteiger partial charge in [0.15, 0.2) is 0 Å². The van der Waals surface area contributed by atoms with Gasteiger partial charge in [0, 0.05) is 5.56 Å². The van der Waals surface area contributed by atoms with E-state index < -0.39 is 10.2 Å². The van der Waals surface area contributed by atoms with Gasteiger partial charge in [0.05, 0.1) is 22.7 Å². The van der Waals surface area contributed by atoms with Gasteiger partial charge in [0.2, 0.25) is 0 Å². The van der Waals surface area contributed by atoms with Crippen LogP contribution in [0.15, 0.2) is 35.7 Å². The van der Waals surface area contributed by atoms with Crippen molar-refractivity contribution in [2.24, 2.45) is 0 Å². The van der Waals surface area contributed by atoms with Gasteiger partial charge in [-0.15, -0.1) is 10.2 Å². The summed E-state index contributed by atoms with van der Waals surface area (Å²) in [7, 11) is -4.94. The fourth-order valence-corrected chi connectivity index (χ4v) is 3.19. The molecule has 2 aromatic rings. The lowest BCUT2D eigenvalue weighted by Crippen LogP contribution is -2.68. The summed E-state index contributed by atoms with van der Waals surface area (Å²) in [4.78, 5) is 1.39. The molecular weight excluding hydrogens is 284 g/mol. The van der Waals surface area contributed by atoms with Crippen molar-refractivity contribution >= 4 is 22.7 Å². The zero-order chi connectivity index (χ0) is 12.9. The van der Waals surface area contributed by atoms with Gasteiger partial charge in [-0.1, -0.05) is 18.2 Å². The van der Waals surface area contributed by atoms with Crippen molar-refractivity contribution in [1.82, 2.24) is 0 Å². The van der Waals surface area contributed by atoms with Gasteiger partial charge in [-0.3, -0.25) is 0 Å². The number of rotatable bonds is 1. The van der Waals surface area contributed by atoms with Gasteiger partial charge in [-0.25, -0.2) is 18.6 Å². The second-order valence-electron chi connectivity index (χ2n) is 2.98. The molecule has 1 heterocycles. The van der Waals surface area contributed by atoms with Crippen LogP contribution in [0.4, 0.5) is 0 Å². The second-order valence-corrected chi connectivity index (χ2v) is 6.13. The van der Waals surface area contributed by atoms with Crippen molar-refractivity contribution in [1.29, 1.82) is 0 Å². The molecule has 1 aromatic carbocycles. The maximum atomic E-state index is 8.49. The minimum Gasteiger partial charge on any atom is -0.222 e. The Labute approximate surface area is 109 Å². The van der Waals surface area contributed by atoms with Gasteiger partial charge >= 0.3 is 0 Å². The minimum atomic E-state index is -4.94. The molecule has 0 aliphatic heterocycles. The highest BCUT2D eigenvalue weighted by Crippen LogP contribution is 2.31. The molecule has 0 saturated heterocycles. The zero-order valence-corrected chi connectivity index (χ0v) is 11.2. The van der Waals surface area contributed by atoms with Crippen LogP contribution < -0.4 is 18.6 Å². The Balaban J connectivity index is 0.000000249. The fourth-order valence-electron chi connectivity index (χ4n) is 1.03. The molecule has 0 N–H and O–H groups in total. The Morgan fingerprint density at radius 2 is 1.59 bits per heavy atom. The Morgan fingerprint density at radius 3 is 2.00 bits per heavy atom. The molecule has 0 aliphatic carbocycles. The predicted octanol–water partition coefficient (Wildman–Crippen LogP) is -0.690. The van der Waals surface area contributed by atoms with Crippen LogP contribution in [0.2, 0.25) is 0 Å². The summed E-state index contributed by atoms with van der Waals surface area (Å²) in [6, 6.07) is 10.5. The molecule has 1 aromatic heterocycles. The summed E-state index contributed by atoms with van der Waals surface area (Å²) >= 11 is 3.68. The van der Waals surface area contributed by atoms with Crippen molar-refractivity contribution in [3.05, 3.63) is 40.6 Å². The predicted molar refractivity (Wildman–Crippen MR) is 56.8 cm³/mol. The molecule has 0 atom stereocenters. The zero-order valence-electron chi connectivity index (χ0n) is 8.79. The highest BCUT2D eigenvalue weighted by Gasteiger charge is 2.11. The molecule has 2 rings (SSSR count). The van der Waals surface area contributed by atoms with E-state index in [0.29, 0.717) is 0 Å². The smallest absolute Gasteiger partial charge is 0.222 e. The Hall–Kier alpha value is -0.600. The molecule has 0 aliphatic rings. The molecule has 0 spiro atoms. The normalized spacial score (nSPS) is 10.6. The van der Waals surface area contributed by atoms with Gasteiger partial charge in [-0.05, 0) is 19.1 Å². The van der Waals surface area contributed by atoms with E-state index in [9.17, 15) is 0 Å². The summed E-state index contributed by atoms with van der Waals surface area (Å²) < 4.78 is 35.4. The molecule has 0 fully saturated rings. The fraction of sp³-hybridized carbons (Fsp3) is 0.100. The summed E-state index contributed by atoms with van der Waals surface area (Å²) in [5.41, 5.74) is 1.33. The average molecular weight is 293 g/mol. The molecule has 0 radical (unpaired) electrons. The van der Waals surface area contributed by atoms with Gasteiger partial charge in [0.1, 0.15) is 10.3 Å². The first-order chi connectivity index (χ1) is 7.86. The van der Waals surface area contributed by atoms with Crippen LogP contribution in [-0.4, -0.2) is 0 Å². The first-order valence-electron chi connectivity index (χ1n) is 4.41. The third-order valence-corrected chi connectivity index (χ3v) is 4.07. The van der Waals surface area contributed by atoms with Crippen LogP contribution in [0, 0.1) is 17.2 Å². The van der Waals surface area contributed by atoms with E-state index in [-0.39, 0.29) is 0 Å². The topological polar surface area (TPSA) is 92.2 Å². The molecule has 92 valence electrons. The number of hydrogen-bond donors (Lipinski definition) is 0. The van der Waals surface area contributed by atoms with Gasteiger partial charge < -0.3 is 0 Å². The van der Waals surface area contributed by atoms with Crippen LogP contribution in [0.5, 0.6) is 0 Å². The number of benzene rings is 1. The molecule has 4 nitrogen and oxygen atoms in total. The highest BCUT2D eigenvalue weighted by molar-refractivity contribution is 7.34. The van der Waals surface area contributed by atoms with E-state index in [1.807, 2.05) is 22.7 Å². The van der Waals surface area contributed by atoms with E-state index in [2.05, 4.69) is 42.6 Å². The third-order valence-electron chi connectivity index (χ3n) is 1.60. The van der Waals surface area contributed by atoms with Crippen molar-refractivity contribution in [3.63, 3.8) is 0 Å². The van der Waals surface area contributed by atoms with Crippen molar-refractivity contribution in [3.8, 4) is 9.75 Å². The van der Waals surface area contributed by atoms with E-state index in [1.54, 1.807) is 0 Å². The third kappa shape index (κ3) is 6.64. The first kappa shape index (κ1) is 14.5. The standard InChI is InChI=1S/C10H9S2.ClHO4/c1-8-7-11-10(12-8)9-5-3-2-4-6-9;2-1(3,4)5/h2-7H,1H3;(H,2,3,4,5)/q+1;/p-1. The van der Waals surface area contributed by atoms with Gasteiger partial charge in [-0.2, -0.15) is 0 Å². The molecule has 0 saturated carbocycles. The Bertz CT molecular complexity index is 447. The highest BCUT2D eigenvalue weighted by atomic mass is 35.7. The van der Waals surface area contributed by atoms with Crippen LogP contribution in [0.3, 0.4) is 0 Å². The molecule has 0 unspecified atom stereocenters. The SMILES string of the molecule is Cc1c[s+]c(-c2ccccc2)s1.[O-][Cl+3]([O-])([O-])[O-]. The monoisotopic (exact) mass is 292 g/mol. The molecule has 0 amide bonds. The van der Waals surface area contributed by atoms with Crippen LogP contribution in [-0.2, 0) is 0 Å². The Kier molecular flexibility index (Phi) is 5.41. The van der Waals surface area contributed by atoms with Crippen LogP contribution in [0.25, 0.3) is 9.75 Å². The van der Waals surface area contributed by atoms with Crippen molar-refractivity contribution in [2.45, 2.75) is 6.92 Å². The largest absolute Gasteiger partial charge is 0.285 e. The summed E-state index contributed by atoms with van der Waals surface area (Å²) in [6.45, 7) is 2.15. The van der Waals surface area contributed by atoms with Gasteiger partial charge in [0.25, 0.3) is 4.19 Å². The lowest BCUT2D eigenvalue weighted by molar-refractivity contribution is -2.00. The molecular formula is C10H9ClO4S2.